The third-order valence-electron chi connectivity index (χ3n) is 1.68. The van der Waals surface area contributed by atoms with Gasteiger partial charge in [0.1, 0.15) is 0 Å². The molecule has 0 aliphatic rings. The molecule has 0 radical (unpaired) electrons. The molecule has 4 nitrogen and oxygen atoms in total. The van der Waals surface area contributed by atoms with Crippen molar-refractivity contribution >= 4 is 5.97 Å². The van der Waals surface area contributed by atoms with E-state index in [2.05, 4.69) is 6.58 Å². The molecule has 0 fully saturated rings. The van der Waals surface area contributed by atoms with Crippen LogP contribution in [-0.4, -0.2) is 25.2 Å². The van der Waals surface area contributed by atoms with E-state index >= 15 is 0 Å². The molecule has 0 saturated carbocycles. The minimum atomic E-state index is -0.554. The molecule has 2 unspecified atom stereocenters. The molecule has 4 heteroatoms. The molecule has 0 amide bonds. The Labute approximate surface area is 91.2 Å². The Hall–Kier alpha value is -0.870. The first-order chi connectivity index (χ1) is 7.13. The number of ether oxygens (including phenoxy) is 3. The van der Waals surface area contributed by atoms with E-state index in [0.29, 0.717) is 13.0 Å². The van der Waals surface area contributed by atoms with E-state index in [-0.39, 0.29) is 6.29 Å². The van der Waals surface area contributed by atoms with Crippen LogP contribution in [0.5, 0.6) is 0 Å². The summed E-state index contributed by atoms with van der Waals surface area (Å²) < 4.78 is 15.6. The highest BCUT2D eigenvalue weighted by molar-refractivity contribution is 5.81. The number of esters is 1. The molecule has 0 aromatic heterocycles. The van der Waals surface area contributed by atoms with Crippen LogP contribution >= 0.6 is 0 Å². The van der Waals surface area contributed by atoms with E-state index in [9.17, 15) is 4.79 Å². The lowest BCUT2D eigenvalue weighted by Crippen LogP contribution is -2.26. The summed E-state index contributed by atoms with van der Waals surface area (Å²) in [7, 11) is 0. The maximum absolute atomic E-state index is 11.0. The minimum Gasteiger partial charge on any atom is -0.433 e. The zero-order valence-electron chi connectivity index (χ0n) is 9.69. The van der Waals surface area contributed by atoms with Crippen LogP contribution < -0.4 is 0 Å². The van der Waals surface area contributed by atoms with Crippen molar-refractivity contribution < 1.29 is 19.0 Å². The highest BCUT2D eigenvalue weighted by Crippen LogP contribution is 2.08. The number of rotatable bonds is 8. The minimum absolute atomic E-state index is 0.371. The van der Waals surface area contributed by atoms with Gasteiger partial charge in [-0.3, -0.25) is 0 Å². The van der Waals surface area contributed by atoms with Crippen LogP contribution in [0, 0.1) is 0 Å². The summed E-state index contributed by atoms with van der Waals surface area (Å²) >= 11 is 0. The Kier molecular flexibility index (Phi) is 7.95. The molecule has 0 spiro atoms. The molecule has 0 bridgehead atoms. The van der Waals surface area contributed by atoms with Crippen LogP contribution in [0.1, 0.15) is 33.6 Å². The molecule has 0 aliphatic heterocycles. The summed E-state index contributed by atoms with van der Waals surface area (Å²) in [5, 5.41) is 0. The van der Waals surface area contributed by atoms with Gasteiger partial charge in [-0.15, -0.1) is 0 Å². The lowest BCUT2D eigenvalue weighted by atomic mass is 10.3. The van der Waals surface area contributed by atoms with Gasteiger partial charge in [0.15, 0.2) is 6.29 Å². The van der Waals surface area contributed by atoms with E-state index in [4.69, 9.17) is 14.2 Å². The van der Waals surface area contributed by atoms with Crippen LogP contribution in [0.25, 0.3) is 0 Å². The van der Waals surface area contributed by atoms with Crippen molar-refractivity contribution in [1.82, 2.24) is 0 Å². The quantitative estimate of drug-likeness (QED) is 0.354. The first kappa shape index (κ1) is 14.1. The normalized spacial score (nSPS) is 14.3. The van der Waals surface area contributed by atoms with Gasteiger partial charge in [-0.05, 0) is 13.8 Å². The van der Waals surface area contributed by atoms with Crippen molar-refractivity contribution in [3.8, 4) is 0 Å². The zero-order valence-corrected chi connectivity index (χ0v) is 9.69. The van der Waals surface area contributed by atoms with Crippen LogP contribution in [0.4, 0.5) is 0 Å². The van der Waals surface area contributed by atoms with Gasteiger partial charge in [0.2, 0.25) is 6.29 Å². The van der Waals surface area contributed by atoms with E-state index < -0.39 is 12.3 Å². The third kappa shape index (κ3) is 7.11. The van der Waals surface area contributed by atoms with Gasteiger partial charge in [0.05, 0.1) is 0 Å². The van der Waals surface area contributed by atoms with Gasteiger partial charge in [-0.25, -0.2) is 4.79 Å². The van der Waals surface area contributed by atoms with Gasteiger partial charge >= 0.3 is 5.97 Å². The molecule has 0 aromatic rings. The summed E-state index contributed by atoms with van der Waals surface area (Å²) in [6, 6.07) is 0. The molecule has 0 aromatic carbocycles. The average molecular weight is 216 g/mol. The molecule has 0 rings (SSSR count). The van der Waals surface area contributed by atoms with Crippen molar-refractivity contribution in [3.05, 3.63) is 12.7 Å². The second kappa shape index (κ2) is 8.44. The number of carbonyl (C=O) groups excluding carboxylic acids is 1. The highest BCUT2D eigenvalue weighted by atomic mass is 16.8. The van der Waals surface area contributed by atoms with Gasteiger partial charge in [0, 0.05) is 19.1 Å². The molecule has 15 heavy (non-hydrogen) atoms. The zero-order chi connectivity index (χ0) is 11.7. The van der Waals surface area contributed by atoms with Gasteiger partial charge < -0.3 is 14.2 Å². The Balaban J connectivity index is 4.01. The van der Waals surface area contributed by atoms with Crippen molar-refractivity contribution in [2.45, 2.75) is 46.2 Å². The first-order valence-corrected chi connectivity index (χ1v) is 5.24. The van der Waals surface area contributed by atoms with Crippen molar-refractivity contribution in [3.63, 3.8) is 0 Å². The monoisotopic (exact) mass is 216 g/mol. The predicted molar refractivity (Wildman–Crippen MR) is 57.2 cm³/mol. The molecule has 2 atom stereocenters. The standard InChI is InChI=1S/C11H20O4/c1-5-8-11(15-10(12)6-2)14-9(4)13-7-3/h6,9,11H,2,5,7-8H2,1,3-4H3. The van der Waals surface area contributed by atoms with E-state index in [0.717, 1.165) is 12.5 Å². The van der Waals surface area contributed by atoms with E-state index in [1.807, 2.05) is 13.8 Å². The third-order valence-corrected chi connectivity index (χ3v) is 1.68. The summed E-state index contributed by atoms with van der Waals surface area (Å²) in [5.41, 5.74) is 0. The van der Waals surface area contributed by atoms with E-state index in [1.54, 1.807) is 6.92 Å². The van der Waals surface area contributed by atoms with Gasteiger partial charge in [-0.2, -0.15) is 0 Å². The predicted octanol–water partition coefficient (Wildman–Crippen LogP) is 2.24. The SMILES string of the molecule is C=CC(=O)OC(CCC)OC(C)OCC. The molecule has 88 valence electrons. The molecular weight excluding hydrogens is 196 g/mol. The van der Waals surface area contributed by atoms with Crippen LogP contribution in [0.3, 0.4) is 0 Å². The van der Waals surface area contributed by atoms with Crippen LogP contribution in [0.2, 0.25) is 0 Å². The summed E-state index contributed by atoms with van der Waals surface area (Å²) in [6.07, 6.45) is 1.72. The average Bonchev–Trinajstić information content (AvgIpc) is 2.18. The molecule has 0 aliphatic carbocycles. The molecule has 0 saturated heterocycles. The fourth-order valence-corrected chi connectivity index (χ4v) is 1.06. The Morgan fingerprint density at radius 1 is 1.47 bits per heavy atom. The smallest absolute Gasteiger partial charge is 0.332 e. The highest BCUT2D eigenvalue weighted by Gasteiger charge is 2.15. The number of hydrogen-bond donors (Lipinski definition) is 0. The molecular formula is C11H20O4. The van der Waals surface area contributed by atoms with E-state index in [1.165, 1.54) is 0 Å². The summed E-state index contributed by atoms with van der Waals surface area (Å²) in [4.78, 5) is 11.0. The summed E-state index contributed by atoms with van der Waals surface area (Å²) in [5.74, 6) is -0.475. The number of hydrogen-bond acceptors (Lipinski definition) is 4. The first-order valence-electron chi connectivity index (χ1n) is 5.24. The maximum atomic E-state index is 11.0. The lowest BCUT2D eigenvalue weighted by Gasteiger charge is -2.21. The van der Waals surface area contributed by atoms with Crippen molar-refractivity contribution in [1.29, 1.82) is 0 Å². The Morgan fingerprint density at radius 3 is 2.60 bits per heavy atom. The van der Waals surface area contributed by atoms with Crippen LogP contribution in [-0.2, 0) is 19.0 Å². The Morgan fingerprint density at radius 2 is 2.13 bits per heavy atom. The summed E-state index contributed by atoms with van der Waals surface area (Å²) in [6.45, 7) is 9.53. The largest absolute Gasteiger partial charge is 0.433 e. The fraction of sp³-hybridized carbons (Fsp3) is 0.727. The van der Waals surface area contributed by atoms with Crippen LogP contribution in [0.15, 0.2) is 12.7 Å². The van der Waals surface area contributed by atoms with Crippen molar-refractivity contribution in [2.75, 3.05) is 6.61 Å². The topological polar surface area (TPSA) is 44.8 Å². The maximum Gasteiger partial charge on any atom is 0.332 e. The fourth-order valence-electron chi connectivity index (χ4n) is 1.06. The second-order valence-corrected chi connectivity index (χ2v) is 3.02. The second-order valence-electron chi connectivity index (χ2n) is 3.02. The number of carbonyl (C=O) groups is 1. The molecule has 0 heterocycles. The molecule has 0 N–H and O–H groups in total. The van der Waals surface area contributed by atoms with Gasteiger partial charge in [0.25, 0.3) is 0 Å². The van der Waals surface area contributed by atoms with Gasteiger partial charge in [-0.1, -0.05) is 19.9 Å². The van der Waals surface area contributed by atoms with Crippen molar-refractivity contribution in [2.24, 2.45) is 0 Å². The Bertz CT molecular complexity index is 191. The lowest BCUT2D eigenvalue weighted by molar-refractivity contribution is -0.233.